The number of likely N-dealkylation sites (tertiary alicyclic amines) is 1. The van der Waals surface area contributed by atoms with E-state index < -0.39 is 0 Å². The number of rotatable bonds is 2. The van der Waals surface area contributed by atoms with Crippen molar-refractivity contribution in [3.63, 3.8) is 0 Å². The van der Waals surface area contributed by atoms with Crippen LogP contribution in [-0.4, -0.2) is 36.9 Å². The van der Waals surface area contributed by atoms with Gasteiger partial charge in [-0.25, -0.2) is 4.98 Å². The first-order chi connectivity index (χ1) is 11.7. The van der Waals surface area contributed by atoms with E-state index in [1.165, 1.54) is 0 Å². The second-order valence-electron chi connectivity index (χ2n) is 6.18. The minimum atomic E-state index is -0.126. The Bertz CT molecular complexity index is 869. The Labute approximate surface area is 139 Å². The minimum Gasteiger partial charge on any atom is -0.340 e. The van der Waals surface area contributed by atoms with Crippen LogP contribution in [0.2, 0.25) is 0 Å². The van der Waals surface area contributed by atoms with E-state index in [-0.39, 0.29) is 11.9 Å². The molecule has 0 N–H and O–H groups in total. The largest absolute Gasteiger partial charge is 0.340 e. The van der Waals surface area contributed by atoms with Crippen LogP contribution < -0.4 is 0 Å². The maximum absolute atomic E-state index is 13.1. The zero-order valence-electron chi connectivity index (χ0n) is 13.6. The average Bonchev–Trinajstić information content (AvgIpc) is 3.16. The second kappa shape index (κ2) is 6.07. The lowest BCUT2D eigenvalue weighted by Crippen LogP contribution is -2.35. The maximum atomic E-state index is 13.1. The highest BCUT2D eigenvalue weighted by Crippen LogP contribution is 2.30. The normalized spacial score (nSPS) is 18.7. The summed E-state index contributed by atoms with van der Waals surface area (Å²) in [7, 11) is 0. The van der Waals surface area contributed by atoms with E-state index in [0.29, 0.717) is 23.8 Å². The number of aromatic nitrogens is 4. The number of hydrogen-bond acceptors (Lipinski definition) is 5. The second-order valence-corrected chi connectivity index (χ2v) is 6.18. The molecular formula is C17H19N5O2. The summed E-state index contributed by atoms with van der Waals surface area (Å²) in [6.07, 6.45) is 9.36. The molecule has 4 rings (SSSR count). The molecule has 7 heteroatoms. The monoisotopic (exact) mass is 325 g/mol. The molecule has 1 fully saturated rings. The molecular weight excluding hydrogens is 306 g/mol. The van der Waals surface area contributed by atoms with E-state index in [1.807, 2.05) is 27.6 Å². The van der Waals surface area contributed by atoms with E-state index in [0.717, 1.165) is 31.2 Å². The van der Waals surface area contributed by atoms with Gasteiger partial charge in [-0.2, -0.15) is 4.98 Å². The first-order valence-electron chi connectivity index (χ1n) is 8.25. The fraction of sp³-hybridized carbons (Fsp3) is 0.412. The van der Waals surface area contributed by atoms with Crippen LogP contribution in [0.25, 0.3) is 5.52 Å². The summed E-state index contributed by atoms with van der Waals surface area (Å²) in [5, 5.41) is 4.05. The number of imidazole rings is 1. The molecule has 1 aliphatic rings. The lowest BCUT2D eigenvalue weighted by molar-refractivity contribution is 0.0670. The Morgan fingerprint density at radius 1 is 1.33 bits per heavy atom. The third kappa shape index (κ3) is 2.66. The van der Waals surface area contributed by atoms with Crippen LogP contribution >= 0.6 is 0 Å². The summed E-state index contributed by atoms with van der Waals surface area (Å²) in [4.78, 5) is 23.5. The molecule has 1 amide bonds. The van der Waals surface area contributed by atoms with Gasteiger partial charge in [-0.15, -0.1) is 0 Å². The molecule has 0 saturated carbocycles. The van der Waals surface area contributed by atoms with Crippen molar-refractivity contribution in [3.05, 3.63) is 48.1 Å². The number of nitrogens with zero attached hydrogens (tertiary/aromatic N) is 5. The number of amides is 1. The van der Waals surface area contributed by atoms with Gasteiger partial charge >= 0.3 is 0 Å². The smallest absolute Gasteiger partial charge is 0.254 e. The van der Waals surface area contributed by atoms with Crippen LogP contribution in [0.4, 0.5) is 0 Å². The number of hydrogen-bond donors (Lipinski definition) is 0. The molecule has 0 bridgehead atoms. The van der Waals surface area contributed by atoms with Gasteiger partial charge in [0.2, 0.25) is 5.89 Å². The molecule has 3 aromatic heterocycles. The molecule has 124 valence electrons. The van der Waals surface area contributed by atoms with E-state index in [2.05, 4.69) is 15.1 Å². The van der Waals surface area contributed by atoms with Crippen LogP contribution in [0.5, 0.6) is 0 Å². The Morgan fingerprint density at radius 3 is 3.08 bits per heavy atom. The van der Waals surface area contributed by atoms with Crippen molar-refractivity contribution in [1.82, 2.24) is 24.4 Å². The topological polar surface area (TPSA) is 76.5 Å². The lowest BCUT2D eigenvalue weighted by Gasteiger charge is -2.28. The number of pyridine rings is 1. The fourth-order valence-corrected chi connectivity index (χ4v) is 3.29. The fourth-order valence-electron chi connectivity index (χ4n) is 3.29. The van der Waals surface area contributed by atoms with Crippen molar-refractivity contribution in [3.8, 4) is 0 Å². The summed E-state index contributed by atoms with van der Waals surface area (Å²) in [5.41, 5.74) is 1.57. The van der Waals surface area contributed by atoms with E-state index in [4.69, 9.17) is 4.52 Å². The molecule has 1 aliphatic heterocycles. The molecule has 0 aromatic carbocycles. The first kappa shape index (κ1) is 14.9. The molecule has 0 aliphatic carbocycles. The number of fused-ring (bicyclic) bond motifs is 1. The molecule has 0 spiro atoms. The summed E-state index contributed by atoms with van der Waals surface area (Å²) in [5.74, 6) is 1.14. The third-order valence-corrected chi connectivity index (χ3v) is 4.52. The van der Waals surface area contributed by atoms with Crippen molar-refractivity contribution in [2.24, 2.45) is 0 Å². The van der Waals surface area contributed by atoms with Crippen LogP contribution in [0.3, 0.4) is 0 Å². The van der Waals surface area contributed by atoms with Gasteiger partial charge < -0.3 is 13.8 Å². The molecule has 0 radical (unpaired) electrons. The van der Waals surface area contributed by atoms with Crippen LogP contribution in [0.1, 0.15) is 53.8 Å². The first-order valence-corrected chi connectivity index (χ1v) is 8.25. The number of carbonyl (C=O) groups is 1. The van der Waals surface area contributed by atoms with Crippen molar-refractivity contribution < 1.29 is 9.32 Å². The van der Waals surface area contributed by atoms with Crippen molar-refractivity contribution >= 4 is 11.4 Å². The Morgan fingerprint density at radius 2 is 2.25 bits per heavy atom. The predicted molar refractivity (Wildman–Crippen MR) is 86.5 cm³/mol. The molecule has 4 heterocycles. The molecule has 0 unspecified atom stereocenters. The quantitative estimate of drug-likeness (QED) is 0.724. The number of aryl methyl sites for hydroxylation is 1. The van der Waals surface area contributed by atoms with E-state index in [9.17, 15) is 4.79 Å². The van der Waals surface area contributed by atoms with Gasteiger partial charge in [-0.05, 0) is 25.0 Å². The van der Waals surface area contributed by atoms with Gasteiger partial charge in [-0.1, -0.05) is 18.0 Å². The summed E-state index contributed by atoms with van der Waals surface area (Å²) >= 11 is 0. The predicted octanol–water partition coefficient (Wildman–Crippen LogP) is 2.78. The van der Waals surface area contributed by atoms with Gasteiger partial charge in [0.05, 0.1) is 24.1 Å². The average molecular weight is 325 g/mol. The van der Waals surface area contributed by atoms with E-state index >= 15 is 0 Å². The molecule has 1 atom stereocenters. The summed E-state index contributed by atoms with van der Waals surface area (Å²) in [6.45, 7) is 2.48. The van der Waals surface area contributed by atoms with Crippen molar-refractivity contribution in [2.75, 3.05) is 6.54 Å². The third-order valence-electron chi connectivity index (χ3n) is 4.52. The SMILES string of the molecule is Cc1nc([C@H]2CCCCCN2C(=O)c2ccn3cncc3c2)no1. The molecule has 1 saturated heterocycles. The highest BCUT2D eigenvalue weighted by molar-refractivity contribution is 5.95. The van der Waals surface area contributed by atoms with Gasteiger partial charge in [0.25, 0.3) is 5.91 Å². The Balaban J connectivity index is 1.68. The van der Waals surface area contributed by atoms with E-state index in [1.54, 1.807) is 19.4 Å². The Kier molecular flexibility index (Phi) is 3.76. The Hall–Kier alpha value is -2.70. The van der Waals surface area contributed by atoms with Crippen molar-refractivity contribution in [2.45, 2.75) is 38.6 Å². The van der Waals surface area contributed by atoms with Gasteiger partial charge in [0, 0.05) is 25.2 Å². The zero-order chi connectivity index (χ0) is 16.5. The lowest BCUT2D eigenvalue weighted by atomic mass is 10.1. The van der Waals surface area contributed by atoms with Gasteiger partial charge in [0.1, 0.15) is 0 Å². The summed E-state index contributed by atoms with van der Waals surface area (Å²) in [6, 6.07) is 3.58. The van der Waals surface area contributed by atoms with Crippen molar-refractivity contribution in [1.29, 1.82) is 0 Å². The standard InChI is InChI=1S/C17H19N5O2/c1-12-19-16(20-24-12)15-5-3-2-4-7-22(15)17(23)13-6-8-21-11-18-10-14(21)9-13/h6,8-11,15H,2-5,7H2,1H3/t15-/m1/s1. The minimum absolute atomic E-state index is 0.00746. The molecule has 24 heavy (non-hydrogen) atoms. The molecule has 3 aromatic rings. The van der Waals surface area contributed by atoms with Gasteiger partial charge in [-0.3, -0.25) is 4.79 Å². The highest BCUT2D eigenvalue weighted by Gasteiger charge is 2.30. The highest BCUT2D eigenvalue weighted by atomic mass is 16.5. The van der Waals surface area contributed by atoms with Gasteiger partial charge in [0.15, 0.2) is 5.82 Å². The number of carbonyl (C=O) groups excluding carboxylic acids is 1. The maximum Gasteiger partial charge on any atom is 0.254 e. The summed E-state index contributed by atoms with van der Waals surface area (Å²) < 4.78 is 7.02. The van der Waals surface area contributed by atoms with Crippen LogP contribution in [0, 0.1) is 6.92 Å². The molecule has 7 nitrogen and oxygen atoms in total. The van der Waals surface area contributed by atoms with Crippen LogP contribution in [-0.2, 0) is 0 Å². The zero-order valence-corrected chi connectivity index (χ0v) is 13.6. The van der Waals surface area contributed by atoms with Crippen LogP contribution in [0.15, 0.2) is 35.4 Å².